The SMILES string of the molecule is Cc1noc(-c2ccc(C(=O)NCc3ccc(F)c(CO)c3)cc2)n1. The van der Waals surface area contributed by atoms with Gasteiger partial charge in [0.25, 0.3) is 11.8 Å². The Morgan fingerprint density at radius 1 is 1.24 bits per heavy atom. The number of amides is 1. The number of aryl methyl sites for hydroxylation is 1. The average Bonchev–Trinajstić information content (AvgIpc) is 3.07. The maximum absolute atomic E-state index is 13.3. The van der Waals surface area contributed by atoms with Crippen LogP contribution in [0.4, 0.5) is 4.39 Å². The monoisotopic (exact) mass is 341 g/mol. The van der Waals surface area contributed by atoms with Crippen molar-refractivity contribution in [2.75, 3.05) is 0 Å². The van der Waals surface area contributed by atoms with Crippen LogP contribution in [-0.4, -0.2) is 21.2 Å². The fourth-order valence-corrected chi connectivity index (χ4v) is 2.32. The van der Waals surface area contributed by atoms with Gasteiger partial charge in [0.1, 0.15) is 5.82 Å². The molecule has 7 heteroatoms. The Kier molecular flexibility index (Phi) is 4.85. The van der Waals surface area contributed by atoms with Gasteiger partial charge in [0.05, 0.1) is 6.61 Å². The van der Waals surface area contributed by atoms with Gasteiger partial charge >= 0.3 is 0 Å². The Morgan fingerprint density at radius 2 is 2.00 bits per heavy atom. The second-order valence-electron chi connectivity index (χ2n) is 5.49. The lowest BCUT2D eigenvalue weighted by Crippen LogP contribution is -2.22. The first-order chi connectivity index (χ1) is 12.1. The van der Waals surface area contributed by atoms with Crippen molar-refractivity contribution in [2.45, 2.75) is 20.1 Å². The summed E-state index contributed by atoms with van der Waals surface area (Å²) in [5.41, 5.74) is 2.11. The number of nitrogens with one attached hydrogen (secondary N) is 1. The Labute approximate surface area is 143 Å². The maximum Gasteiger partial charge on any atom is 0.257 e. The molecule has 3 rings (SSSR count). The van der Waals surface area contributed by atoms with Crippen LogP contribution < -0.4 is 5.32 Å². The van der Waals surface area contributed by atoms with Gasteiger partial charge in [0.2, 0.25) is 0 Å². The molecule has 1 amide bonds. The fourth-order valence-electron chi connectivity index (χ4n) is 2.32. The smallest absolute Gasteiger partial charge is 0.257 e. The third kappa shape index (κ3) is 3.89. The molecule has 0 unspecified atom stereocenters. The first-order valence-electron chi connectivity index (χ1n) is 7.64. The van der Waals surface area contributed by atoms with Gasteiger partial charge < -0.3 is 14.9 Å². The summed E-state index contributed by atoms with van der Waals surface area (Å²) in [6, 6.07) is 11.1. The molecule has 0 bridgehead atoms. The predicted octanol–water partition coefficient (Wildman–Crippen LogP) is 2.61. The van der Waals surface area contributed by atoms with E-state index in [0.29, 0.717) is 22.8 Å². The number of nitrogens with zero attached hydrogens (tertiary/aromatic N) is 2. The minimum absolute atomic E-state index is 0.200. The van der Waals surface area contributed by atoms with Gasteiger partial charge in [-0.05, 0) is 48.9 Å². The number of benzene rings is 2. The van der Waals surface area contributed by atoms with Gasteiger partial charge in [-0.25, -0.2) is 4.39 Å². The molecule has 0 aliphatic carbocycles. The van der Waals surface area contributed by atoms with E-state index in [1.54, 1.807) is 37.3 Å². The molecule has 2 N–H and O–H groups in total. The first-order valence-corrected chi connectivity index (χ1v) is 7.64. The van der Waals surface area contributed by atoms with Crippen molar-refractivity contribution < 1.29 is 18.8 Å². The minimum Gasteiger partial charge on any atom is -0.392 e. The zero-order chi connectivity index (χ0) is 17.8. The highest BCUT2D eigenvalue weighted by Gasteiger charge is 2.10. The van der Waals surface area contributed by atoms with Crippen molar-refractivity contribution in [3.05, 3.63) is 70.8 Å². The van der Waals surface area contributed by atoms with Crippen molar-refractivity contribution in [3.63, 3.8) is 0 Å². The molecule has 0 atom stereocenters. The summed E-state index contributed by atoms with van der Waals surface area (Å²) in [5.74, 6) is 0.207. The van der Waals surface area contributed by atoms with Crippen LogP contribution in [-0.2, 0) is 13.2 Å². The van der Waals surface area contributed by atoms with Gasteiger partial charge in [0, 0.05) is 23.2 Å². The van der Waals surface area contributed by atoms with Crippen LogP contribution >= 0.6 is 0 Å². The van der Waals surface area contributed by atoms with E-state index in [9.17, 15) is 9.18 Å². The molecule has 25 heavy (non-hydrogen) atoms. The summed E-state index contributed by atoms with van der Waals surface area (Å²) in [4.78, 5) is 16.3. The molecule has 0 radical (unpaired) electrons. The molecule has 3 aromatic rings. The molecule has 0 aliphatic heterocycles. The van der Waals surface area contributed by atoms with E-state index in [2.05, 4.69) is 15.5 Å². The van der Waals surface area contributed by atoms with Crippen LogP contribution in [0.3, 0.4) is 0 Å². The molecule has 0 fully saturated rings. The lowest BCUT2D eigenvalue weighted by molar-refractivity contribution is 0.0951. The number of aliphatic hydroxyl groups is 1. The largest absolute Gasteiger partial charge is 0.392 e. The number of carbonyl (C=O) groups excluding carboxylic acids is 1. The summed E-state index contributed by atoms with van der Waals surface area (Å²) in [6.45, 7) is 1.58. The number of aromatic nitrogens is 2. The van der Waals surface area contributed by atoms with Crippen molar-refractivity contribution in [1.82, 2.24) is 15.5 Å². The second-order valence-corrected chi connectivity index (χ2v) is 5.49. The molecule has 0 saturated heterocycles. The second kappa shape index (κ2) is 7.23. The van der Waals surface area contributed by atoms with Crippen LogP contribution in [0, 0.1) is 12.7 Å². The minimum atomic E-state index is -0.468. The molecule has 1 aromatic heterocycles. The first kappa shape index (κ1) is 16.8. The average molecular weight is 341 g/mol. The standard InChI is InChI=1S/C18H16FN3O3/c1-11-21-18(25-22-11)14-5-3-13(4-6-14)17(24)20-9-12-2-7-16(19)15(8-12)10-23/h2-8,23H,9-10H2,1H3,(H,20,24). The predicted molar refractivity (Wildman–Crippen MR) is 88.0 cm³/mol. The Bertz CT molecular complexity index is 891. The Morgan fingerprint density at radius 3 is 2.64 bits per heavy atom. The van der Waals surface area contributed by atoms with E-state index in [1.165, 1.54) is 12.1 Å². The number of hydrogen-bond donors (Lipinski definition) is 2. The van der Waals surface area contributed by atoms with Crippen LogP contribution in [0.1, 0.15) is 27.3 Å². The van der Waals surface area contributed by atoms with E-state index in [1.807, 2.05) is 0 Å². The highest BCUT2D eigenvalue weighted by atomic mass is 19.1. The van der Waals surface area contributed by atoms with Crippen molar-refractivity contribution in [1.29, 1.82) is 0 Å². The van der Waals surface area contributed by atoms with E-state index in [0.717, 1.165) is 5.56 Å². The van der Waals surface area contributed by atoms with Gasteiger partial charge in [0.15, 0.2) is 5.82 Å². The topological polar surface area (TPSA) is 88.2 Å². The summed E-state index contributed by atoms with van der Waals surface area (Å²) in [5, 5.41) is 15.6. The fraction of sp³-hybridized carbons (Fsp3) is 0.167. The zero-order valence-electron chi connectivity index (χ0n) is 13.5. The van der Waals surface area contributed by atoms with Crippen LogP contribution in [0.15, 0.2) is 47.0 Å². The van der Waals surface area contributed by atoms with E-state index >= 15 is 0 Å². The van der Waals surface area contributed by atoms with E-state index in [-0.39, 0.29) is 24.6 Å². The number of carbonyl (C=O) groups is 1. The van der Waals surface area contributed by atoms with E-state index < -0.39 is 5.82 Å². The molecule has 128 valence electrons. The van der Waals surface area contributed by atoms with Gasteiger partial charge in [-0.2, -0.15) is 4.98 Å². The zero-order valence-corrected chi connectivity index (χ0v) is 13.5. The van der Waals surface area contributed by atoms with Crippen molar-refractivity contribution >= 4 is 5.91 Å². The number of rotatable bonds is 5. The lowest BCUT2D eigenvalue weighted by Gasteiger charge is -2.07. The third-order valence-electron chi connectivity index (χ3n) is 3.66. The summed E-state index contributed by atoms with van der Waals surface area (Å²) in [6.07, 6.45) is 0. The highest BCUT2D eigenvalue weighted by molar-refractivity contribution is 5.94. The van der Waals surface area contributed by atoms with Crippen molar-refractivity contribution in [2.24, 2.45) is 0 Å². The number of hydrogen-bond acceptors (Lipinski definition) is 5. The molecular weight excluding hydrogens is 325 g/mol. The highest BCUT2D eigenvalue weighted by Crippen LogP contribution is 2.17. The summed E-state index contributed by atoms with van der Waals surface area (Å²) in [7, 11) is 0. The normalized spacial score (nSPS) is 10.7. The third-order valence-corrected chi connectivity index (χ3v) is 3.66. The van der Waals surface area contributed by atoms with Crippen LogP contribution in [0.5, 0.6) is 0 Å². The van der Waals surface area contributed by atoms with Crippen LogP contribution in [0.2, 0.25) is 0 Å². The number of aliphatic hydroxyl groups excluding tert-OH is 1. The molecule has 0 spiro atoms. The maximum atomic E-state index is 13.3. The molecule has 0 saturated carbocycles. The summed E-state index contributed by atoms with van der Waals surface area (Å²) < 4.78 is 18.4. The molecule has 0 aliphatic rings. The van der Waals surface area contributed by atoms with Gasteiger partial charge in [-0.1, -0.05) is 11.2 Å². The van der Waals surface area contributed by atoms with Crippen molar-refractivity contribution in [3.8, 4) is 11.5 Å². The summed E-state index contributed by atoms with van der Waals surface area (Å²) >= 11 is 0. The number of halogens is 1. The van der Waals surface area contributed by atoms with Crippen LogP contribution in [0.25, 0.3) is 11.5 Å². The van der Waals surface area contributed by atoms with E-state index in [4.69, 9.17) is 9.63 Å². The Hall–Kier alpha value is -3.06. The molecule has 6 nitrogen and oxygen atoms in total. The molecule has 1 heterocycles. The Balaban J connectivity index is 1.65. The molecule has 2 aromatic carbocycles. The quantitative estimate of drug-likeness (QED) is 0.745. The van der Waals surface area contributed by atoms with Gasteiger partial charge in [-0.15, -0.1) is 0 Å². The lowest BCUT2D eigenvalue weighted by atomic mass is 10.1. The van der Waals surface area contributed by atoms with Gasteiger partial charge in [-0.3, -0.25) is 4.79 Å². The molecular formula is C18H16FN3O3.